The minimum absolute atomic E-state index is 0.112. The molecule has 1 fully saturated rings. The van der Waals surface area contributed by atoms with Gasteiger partial charge in [-0.1, -0.05) is 0 Å². The highest BCUT2D eigenvalue weighted by molar-refractivity contribution is 9.10. The van der Waals surface area contributed by atoms with Crippen LogP contribution in [0.1, 0.15) is 23.3 Å². The molecule has 1 aliphatic heterocycles. The molecule has 0 radical (unpaired) electrons. The van der Waals surface area contributed by atoms with E-state index in [2.05, 4.69) is 26.3 Å². The molecule has 1 N–H and O–H groups in total. The Kier molecular flexibility index (Phi) is 4.91. The molecule has 0 spiro atoms. The zero-order chi connectivity index (χ0) is 13.0. The van der Waals surface area contributed by atoms with Crippen LogP contribution in [0, 0.1) is 5.92 Å². The van der Waals surface area contributed by atoms with Crippen molar-refractivity contribution < 1.29 is 9.53 Å². The van der Waals surface area contributed by atoms with Crippen LogP contribution < -0.4 is 5.32 Å². The predicted molar refractivity (Wildman–Crippen MR) is 71.7 cm³/mol. The Labute approximate surface area is 115 Å². The number of piperidine rings is 1. The van der Waals surface area contributed by atoms with E-state index < -0.39 is 0 Å². The number of nitrogens with one attached hydrogen (secondary N) is 1. The van der Waals surface area contributed by atoms with E-state index in [1.54, 1.807) is 18.0 Å². The van der Waals surface area contributed by atoms with Crippen molar-refractivity contribution in [3.8, 4) is 0 Å². The lowest BCUT2D eigenvalue weighted by atomic mass is 9.92. The van der Waals surface area contributed by atoms with E-state index in [1.165, 1.54) is 0 Å². The highest BCUT2D eigenvalue weighted by Crippen LogP contribution is 2.24. The van der Waals surface area contributed by atoms with Gasteiger partial charge in [-0.2, -0.15) is 5.10 Å². The van der Waals surface area contributed by atoms with Crippen molar-refractivity contribution in [1.29, 1.82) is 0 Å². The molecule has 0 aromatic carbocycles. The Morgan fingerprint density at radius 3 is 3.00 bits per heavy atom. The molecule has 0 atom stereocenters. The van der Waals surface area contributed by atoms with Crippen LogP contribution in [-0.4, -0.2) is 42.4 Å². The van der Waals surface area contributed by atoms with Gasteiger partial charge >= 0.3 is 0 Å². The van der Waals surface area contributed by atoms with E-state index in [0.717, 1.165) is 30.4 Å². The van der Waals surface area contributed by atoms with Crippen LogP contribution in [0.2, 0.25) is 0 Å². The summed E-state index contributed by atoms with van der Waals surface area (Å²) in [6.45, 7) is 3.00. The first-order valence-electron chi connectivity index (χ1n) is 6.19. The summed E-state index contributed by atoms with van der Waals surface area (Å²) in [5.74, 6) is 0.303. The number of aromatic nitrogens is 2. The molecule has 1 aromatic rings. The van der Waals surface area contributed by atoms with Crippen molar-refractivity contribution in [2.75, 3.05) is 26.8 Å². The fraction of sp³-hybridized carbons (Fsp3) is 0.667. The summed E-state index contributed by atoms with van der Waals surface area (Å²) in [6, 6.07) is 0. The number of carbonyl (C=O) groups is 1. The molecule has 0 saturated carbocycles. The van der Waals surface area contributed by atoms with Gasteiger partial charge in [0, 0.05) is 13.0 Å². The summed E-state index contributed by atoms with van der Waals surface area (Å²) in [5, 5.41) is 7.49. The summed E-state index contributed by atoms with van der Waals surface area (Å²) in [7, 11) is 1.65. The number of Topliss-reactive ketones (excluding diaryl/α,β-unsaturated/α-hetero) is 1. The second-order valence-electron chi connectivity index (χ2n) is 4.45. The first-order valence-corrected chi connectivity index (χ1v) is 6.98. The maximum atomic E-state index is 12.5. The monoisotopic (exact) mass is 315 g/mol. The maximum Gasteiger partial charge on any atom is 0.185 e. The van der Waals surface area contributed by atoms with Crippen molar-refractivity contribution in [2.24, 2.45) is 5.92 Å². The van der Waals surface area contributed by atoms with Gasteiger partial charge in [-0.05, 0) is 41.9 Å². The van der Waals surface area contributed by atoms with E-state index in [9.17, 15) is 4.79 Å². The smallest absolute Gasteiger partial charge is 0.185 e. The van der Waals surface area contributed by atoms with Gasteiger partial charge in [-0.15, -0.1) is 0 Å². The molecular weight excluding hydrogens is 298 g/mol. The van der Waals surface area contributed by atoms with Gasteiger partial charge in [0.1, 0.15) is 5.69 Å². The van der Waals surface area contributed by atoms with Crippen molar-refractivity contribution in [1.82, 2.24) is 15.1 Å². The number of nitrogens with zero attached hydrogens (tertiary/aromatic N) is 2. The Morgan fingerprint density at radius 2 is 2.33 bits per heavy atom. The van der Waals surface area contributed by atoms with E-state index in [1.807, 2.05) is 0 Å². The Bertz CT molecular complexity index is 413. The third-order valence-corrected chi connectivity index (χ3v) is 3.83. The van der Waals surface area contributed by atoms with Gasteiger partial charge in [-0.25, -0.2) is 0 Å². The number of ketones is 1. The Hall–Kier alpha value is -0.720. The lowest BCUT2D eigenvalue weighted by molar-refractivity contribution is 0.0879. The Morgan fingerprint density at radius 1 is 1.61 bits per heavy atom. The van der Waals surface area contributed by atoms with Crippen molar-refractivity contribution in [3.63, 3.8) is 0 Å². The number of rotatable bonds is 5. The number of methoxy groups -OCH3 is 1. The molecule has 1 saturated heterocycles. The van der Waals surface area contributed by atoms with Crippen LogP contribution in [0.25, 0.3) is 0 Å². The third-order valence-electron chi connectivity index (χ3n) is 3.25. The molecular formula is C12H18BrN3O2. The normalized spacial score (nSPS) is 17.0. The molecule has 2 rings (SSSR count). The molecule has 0 aliphatic carbocycles. The predicted octanol–water partition coefficient (Wildman–Crippen LogP) is 1.47. The van der Waals surface area contributed by atoms with Gasteiger partial charge in [-0.3, -0.25) is 9.48 Å². The van der Waals surface area contributed by atoms with Crippen LogP contribution in [0.3, 0.4) is 0 Å². The summed E-state index contributed by atoms with van der Waals surface area (Å²) in [4.78, 5) is 12.5. The first-order chi connectivity index (χ1) is 8.74. The summed E-state index contributed by atoms with van der Waals surface area (Å²) >= 11 is 3.42. The van der Waals surface area contributed by atoms with Crippen molar-refractivity contribution in [2.45, 2.75) is 19.4 Å². The number of halogens is 1. The van der Waals surface area contributed by atoms with Gasteiger partial charge < -0.3 is 10.1 Å². The largest absolute Gasteiger partial charge is 0.383 e. The lowest BCUT2D eigenvalue weighted by Crippen LogP contribution is -2.33. The van der Waals surface area contributed by atoms with Crippen LogP contribution in [-0.2, 0) is 11.3 Å². The third kappa shape index (κ3) is 2.99. The minimum atomic E-state index is 0.112. The summed E-state index contributed by atoms with van der Waals surface area (Å²) < 4.78 is 7.55. The van der Waals surface area contributed by atoms with E-state index in [0.29, 0.717) is 18.8 Å². The molecule has 0 amide bonds. The lowest BCUT2D eigenvalue weighted by Gasteiger charge is -2.21. The number of hydrogen-bond acceptors (Lipinski definition) is 4. The van der Waals surface area contributed by atoms with Gasteiger partial charge in [0.2, 0.25) is 0 Å². The SMILES string of the molecule is COCCn1ncc(Br)c1C(=O)C1CCNCC1. The Balaban J connectivity index is 2.14. The molecule has 100 valence electrons. The quantitative estimate of drug-likeness (QED) is 0.836. The summed E-state index contributed by atoms with van der Waals surface area (Å²) in [5.41, 5.74) is 0.680. The molecule has 5 nitrogen and oxygen atoms in total. The molecule has 18 heavy (non-hydrogen) atoms. The molecule has 2 heterocycles. The zero-order valence-electron chi connectivity index (χ0n) is 10.5. The molecule has 6 heteroatoms. The van der Waals surface area contributed by atoms with Crippen LogP contribution in [0.15, 0.2) is 10.7 Å². The average Bonchev–Trinajstić information content (AvgIpc) is 2.77. The summed E-state index contributed by atoms with van der Waals surface area (Å²) in [6.07, 6.45) is 3.49. The molecule has 0 unspecified atom stereocenters. The molecule has 1 aromatic heterocycles. The fourth-order valence-corrected chi connectivity index (χ4v) is 2.72. The van der Waals surface area contributed by atoms with Crippen molar-refractivity contribution >= 4 is 21.7 Å². The van der Waals surface area contributed by atoms with Crippen LogP contribution in [0.4, 0.5) is 0 Å². The van der Waals surface area contributed by atoms with Crippen LogP contribution >= 0.6 is 15.9 Å². The number of hydrogen-bond donors (Lipinski definition) is 1. The first kappa shape index (κ1) is 13.7. The fourth-order valence-electron chi connectivity index (χ4n) is 2.23. The van der Waals surface area contributed by atoms with Gasteiger partial charge in [0.05, 0.1) is 23.8 Å². The highest BCUT2D eigenvalue weighted by atomic mass is 79.9. The zero-order valence-corrected chi connectivity index (χ0v) is 12.1. The standard InChI is InChI=1S/C12H18BrN3O2/c1-18-7-6-16-11(10(13)8-15-16)12(17)9-2-4-14-5-3-9/h8-9,14H,2-7H2,1H3. The van der Waals surface area contributed by atoms with E-state index in [-0.39, 0.29) is 11.7 Å². The second-order valence-corrected chi connectivity index (χ2v) is 5.30. The molecule has 0 bridgehead atoms. The topological polar surface area (TPSA) is 56.2 Å². The van der Waals surface area contributed by atoms with Crippen LogP contribution in [0.5, 0.6) is 0 Å². The minimum Gasteiger partial charge on any atom is -0.383 e. The average molecular weight is 316 g/mol. The molecule has 1 aliphatic rings. The van der Waals surface area contributed by atoms with Crippen molar-refractivity contribution in [3.05, 3.63) is 16.4 Å². The van der Waals surface area contributed by atoms with E-state index in [4.69, 9.17) is 4.74 Å². The van der Waals surface area contributed by atoms with Gasteiger partial charge in [0.25, 0.3) is 0 Å². The maximum absolute atomic E-state index is 12.5. The van der Waals surface area contributed by atoms with Gasteiger partial charge in [0.15, 0.2) is 5.78 Å². The number of ether oxygens (including phenoxy) is 1. The number of carbonyl (C=O) groups excluding carboxylic acids is 1. The van der Waals surface area contributed by atoms with E-state index >= 15 is 0 Å². The second kappa shape index (κ2) is 6.45. The highest BCUT2D eigenvalue weighted by Gasteiger charge is 2.26.